The van der Waals surface area contributed by atoms with Crippen molar-refractivity contribution in [2.24, 2.45) is 0 Å². The van der Waals surface area contributed by atoms with Gasteiger partial charge in [0, 0.05) is 27.4 Å². The number of nitriles is 1. The summed E-state index contributed by atoms with van der Waals surface area (Å²) in [6.45, 7) is 0. The van der Waals surface area contributed by atoms with Crippen LogP contribution in [0.5, 0.6) is 17.2 Å². The van der Waals surface area contributed by atoms with Gasteiger partial charge in [0.2, 0.25) is 0 Å². The molecule has 236 valence electrons. The third-order valence-electron chi connectivity index (χ3n) is 6.52. The Morgan fingerprint density at radius 3 is 1.77 bits per heavy atom. The minimum Gasteiger partial charge on any atom is -0.497 e. The van der Waals surface area contributed by atoms with E-state index in [9.17, 15) is 0 Å². The van der Waals surface area contributed by atoms with Crippen LogP contribution in [-0.2, 0) is 0 Å². The van der Waals surface area contributed by atoms with Crippen LogP contribution in [0.1, 0.15) is 5.56 Å². The Morgan fingerprint density at radius 1 is 0.723 bits per heavy atom. The first-order chi connectivity index (χ1) is 22.8. The van der Waals surface area contributed by atoms with Gasteiger partial charge in [0.05, 0.1) is 47.3 Å². The second kappa shape index (κ2) is 15.7. The van der Waals surface area contributed by atoms with Gasteiger partial charge in [-0.25, -0.2) is 9.97 Å². The number of pyridine rings is 2. The summed E-state index contributed by atoms with van der Waals surface area (Å²) >= 11 is 10.7. The van der Waals surface area contributed by atoms with Crippen LogP contribution in [0.3, 0.4) is 0 Å². The molecule has 0 fully saturated rings. The van der Waals surface area contributed by atoms with Crippen LogP contribution in [0.4, 0.5) is 5.69 Å². The first-order valence-corrected chi connectivity index (χ1v) is 16.7. The molecule has 0 bridgehead atoms. The second-order valence-corrected chi connectivity index (χ2v) is 12.9. The zero-order chi connectivity index (χ0) is 33.3. The molecule has 0 unspecified atom stereocenters. The van der Waals surface area contributed by atoms with Crippen LogP contribution >= 0.6 is 51.2 Å². The lowest BCUT2D eigenvalue weighted by molar-refractivity contribution is 0.414. The highest BCUT2D eigenvalue weighted by Gasteiger charge is 2.13. The zero-order valence-electron chi connectivity index (χ0n) is 25.3. The molecule has 4 heterocycles. The van der Waals surface area contributed by atoms with Crippen molar-refractivity contribution in [3.63, 3.8) is 0 Å². The molecule has 0 radical (unpaired) electrons. The molecule has 2 N–H and O–H groups in total. The van der Waals surface area contributed by atoms with E-state index >= 15 is 0 Å². The standard InChI is InChI=1S/C14H9N3OS.C13H9BrN2OS.C7H9NOS/c1-18-10-4-5-11-12(7-10)19-14(17-11)13-9(8-15)3-2-6-16-13;1-17-8-4-5-10-11(7-8)18-13(16-10)12-9(14)3-2-6-15-12;1-9-5-2-3-6(8)7(10)4-5/h2-7H,1H3;2-7H,1H3;2-4,10H,8H2,1H3. The molecule has 47 heavy (non-hydrogen) atoms. The first kappa shape index (κ1) is 33.6. The summed E-state index contributed by atoms with van der Waals surface area (Å²) in [5.41, 5.74) is 10.1. The Hall–Kier alpha value is -4.74. The van der Waals surface area contributed by atoms with Crippen LogP contribution in [0.15, 0.2) is 101 Å². The molecule has 0 saturated carbocycles. The Balaban J connectivity index is 0.000000145. The van der Waals surface area contributed by atoms with Crippen molar-refractivity contribution in [3.05, 3.63) is 101 Å². The Kier molecular flexibility index (Phi) is 11.2. The average molecular weight is 744 g/mol. The molecule has 0 spiro atoms. The molecule has 0 aliphatic heterocycles. The van der Waals surface area contributed by atoms with Crippen molar-refractivity contribution in [1.29, 1.82) is 5.26 Å². The Bertz CT molecular complexity index is 2200. The van der Waals surface area contributed by atoms with E-state index in [0.29, 0.717) is 16.9 Å². The maximum atomic E-state index is 9.10. The lowest BCUT2D eigenvalue weighted by Gasteiger charge is -2.01. The van der Waals surface area contributed by atoms with Crippen LogP contribution in [0.25, 0.3) is 41.8 Å². The molecule has 9 nitrogen and oxygen atoms in total. The molecule has 4 aromatic heterocycles. The maximum absolute atomic E-state index is 9.10. The number of nitrogens with two attached hydrogens (primary N) is 1. The fourth-order valence-electron chi connectivity index (χ4n) is 4.13. The van der Waals surface area contributed by atoms with Gasteiger partial charge in [0.25, 0.3) is 0 Å². The monoisotopic (exact) mass is 742 g/mol. The number of thiol groups is 1. The highest BCUT2D eigenvalue weighted by atomic mass is 79.9. The van der Waals surface area contributed by atoms with E-state index in [1.807, 2.05) is 48.5 Å². The number of nitrogen functional groups attached to an aromatic ring is 1. The Morgan fingerprint density at radius 2 is 1.23 bits per heavy atom. The van der Waals surface area contributed by atoms with E-state index in [-0.39, 0.29) is 0 Å². The number of thiazole rings is 2. The molecule has 0 atom stereocenters. The third-order valence-corrected chi connectivity index (χ3v) is 9.60. The van der Waals surface area contributed by atoms with E-state index < -0.39 is 0 Å². The van der Waals surface area contributed by atoms with Gasteiger partial charge in [0.1, 0.15) is 44.7 Å². The van der Waals surface area contributed by atoms with Crippen LogP contribution in [0, 0.1) is 11.3 Å². The number of benzene rings is 3. The topological polar surface area (TPSA) is 129 Å². The molecule has 0 amide bonds. The van der Waals surface area contributed by atoms with E-state index in [2.05, 4.69) is 54.6 Å². The molecule has 0 aliphatic carbocycles. The van der Waals surface area contributed by atoms with Gasteiger partial charge in [-0.2, -0.15) is 5.26 Å². The van der Waals surface area contributed by atoms with Crippen molar-refractivity contribution < 1.29 is 14.2 Å². The first-order valence-electron chi connectivity index (χ1n) is 13.8. The van der Waals surface area contributed by atoms with E-state index in [1.54, 1.807) is 75.4 Å². The van der Waals surface area contributed by atoms with Gasteiger partial charge in [0.15, 0.2) is 0 Å². The predicted octanol–water partition coefficient (Wildman–Crippen LogP) is 8.93. The number of fused-ring (bicyclic) bond motifs is 2. The summed E-state index contributed by atoms with van der Waals surface area (Å²) in [5.74, 6) is 2.42. The van der Waals surface area contributed by atoms with E-state index in [1.165, 1.54) is 11.3 Å². The minimum absolute atomic E-state index is 0.536. The summed E-state index contributed by atoms with van der Waals surface area (Å²) in [6, 6.07) is 26.4. The summed E-state index contributed by atoms with van der Waals surface area (Å²) in [6.07, 6.45) is 3.44. The molecule has 0 aliphatic rings. The summed E-state index contributed by atoms with van der Waals surface area (Å²) in [4.78, 5) is 18.5. The number of rotatable bonds is 5. The van der Waals surface area contributed by atoms with Gasteiger partial charge in [-0.05, 0) is 94.8 Å². The number of hydrogen-bond donors (Lipinski definition) is 2. The van der Waals surface area contributed by atoms with Gasteiger partial charge in [-0.1, -0.05) is 0 Å². The number of halogens is 1. The lowest BCUT2D eigenvalue weighted by Crippen LogP contribution is -1.88. The predicted molar refractivity (Wildman–Crippen MR) is 196 cm³/mol. The number of ether oxygens (including phenoxy) is 3. The van der Waals surface area contributed by atoms with Crippen molar-refractivity contribution in [3.8, 4) is 44.7 Å². The normalized spacial score (nSPS) is 10.3. The largest absolute Gasteiger partial charge is 0.497 e. The average Bonchev–Trinajstić information content (AvgIpc) is 3.73. The highest BCUT2D eigenvalue weighted by Crippen LogP contribution is 2.35. The van der Waals surface area contributed by atoms with Crippen molar-refractivity contribution in [1.82, 2.24) is 19.9 Å². The molecule has 7 aromatic rings. The summed E-state index contributed by atoms with van der Waals surface area (Å²) in [5, 5.41) is 10.8. The van der Waals surface area contributed by atoms with Crippen molar-refractivity contribution in [2.75, 3.05) is 27.1 Å². The van der Waals surface area contributed by atoms with Crippen LogP contribution < -0.4 is 19.9 Å². The fourth-order valence-corrected chi connectivity index (χ4v) is 6.91. The lowest BCUT2D eigenvalue weighted by atomic mass is 10.2. The van der Waals surface area contributed by atoms with Crippen molar-refractivity contribution >= 4 is 77.4 Å². The van der Waals surface area contributed by atoms with Crippen LogP contribution in [0.2, 0.25) is 0 Å². The molecule has 13 heteroatoms. The molecule has 7 rings (SSSR count). The third kappa shape index (κ3) is 8.16. The smallest absolute Gasteiger partial charge is 0.144 e. The quantitative estimate of drug-likeness (QED) is 0.131. The number of anilines is 1. The molecular weight excluding hydrogens is 717 g/mol. The van der Waals surface area contributed by atoms with Crippen molar-refractivity contribution in [2.45, 2.75) is 4.90 Å². The van der Waals surface area contributed by atoms with E-state index in [0.717, 1.165) is 62.8 Å². The molecule has 3 aromatic carbocycles. The van der Waals surface area contributed by atoms with Gasteiger partial charge in [-0.3, -0.25) is 9.97 Å². The zero-order valence-corrected chi connectivity index (χ0v) is 29.5. The molecular formula is C34H27BrN6O3S3. The van der Waals surface area contributed by atoms with Gasteiger partial charge in [-0.15, -0.1) is 35.3 Å². The Labute approximate surface area is 293 Å². The second-order valence-electron chi connectivity index (χ2n) is 9.48. The number of hydrogen-bond acceptors (Lipinski definition) is 12. The SMILES string of the molecule is COc1ccc(N)c(S)c1.COc1ccc2nc(-c3ncccc3Br)sc2c1.COc1ccc2nc(-c3ncccc3C#N)sc2c1. The maximum Gasteiger partial charge on any atom is 0.144 e. The number of nitrogens with zero attached hydrogens (tertiary/aromatic N) is 5. The van der Waals surface area contributed by atoms with E-state index in [4.69, 9.17) is 25.2 Å². The van der Waals surface area contributed by atoms with Gasteiger partial charge >= 0.3 is 0 Å². The minimum atomic E-state index is 0.536. The van der Waals surface area contributed by atoms with Gasteiger partial charge < -0.3 is 19.9 Å². The molecule has 0 saturated heterocycles. The number of methoxy groups -OCH3 is 3. The highest BCUT2D eigenvalue weighted by molar-refractivity contribution is 9.10. The number of aromatic nitrogens is 4. The summed E-state index contributed by atoms with van der Waals surface area (Å²) in [7, 11) is 4.91. The fraction of sp³-hybridized carbons (Fsp3) is 0.0882. The summed E-state index contributed by atoms with van der Waals surface area (Å²) < 4.78 is 18.4. The van der Waals surface area contributed by atoms with Crippen LogP contribution in [-0.4, -0.2) is 41.3 Å².